The van der Waals surface area contributed by atoms with E-state index in [1.54, 1.807) is 6.92 Å². The molecule has 2 aromatic carbocycles. The van der Waals surface area contributed by atoms with Crippen molar-refractivity contribution in [3.63, 3.8) is 0 Å². The van der Waals surface area contributed by atoms with Crippen molar-refractivity contribution in [3.8, 4) is 11.3 Å². The summed E-state index contributed by atoms with van der Waals surface area (Å²) in [6.07, 6.45) is 2.92. The highest BCUT2D eigenvalue weighted by atomic mass is 16.5. The predicted molar refractivity (Wildman–Crippen MR) is 112 cm³/mol. The van der Waals surface area contributed by atoms with E-state index in [1.165, 1.54) is 0 Å². The Morgan fingerprint density at radius 3 is 2.66 bits per heavy atom. The average molecular weight is 390 g/mol. The molecule has 0 unspecified atom stereocenters. The fraction of sp³-hybridized carbons (Fsp3) is 0.333. The van der Waals surface area contributed by atoms with E-state index in [1.807, 2.05) is 49.4 Å². The second-order valence-corrected chi connectivity index (χ2v) is 7.63. The molecule has 29 heavy (non-hydrogen) atoms. The SMILES string of the molecule is Cc1ccccc1-c1onc(C)c1C(=O)N[C@H]1CCC[C@@H]1OCc1ccccc1. The van der Waals surface area contributed by atoms with Gasteiger partial charge in [0.25, 0.3) is 5.91 Å². The molecule has 5 nitrogen and oxygen atoms in total. The van der Waals surface area contributed by atoms with Crippen LogP contribution in [-0.4, -0.2) is 23.2 Å². The van der Waals surface area contributed by atoms with Crippen LogP contribution in [0.4, 0.5) is 0 Å². The van der Waals surface area contributed by atoms with Crippen LogP contribution in [0.1, 0.15) is 46.4 Å². The normalized spacial score (nSPS) is 18.7. The summed E-state index contributed by atoms with van der Waals surface area (Å²) in [5, 5.41) is 7.23. The number of aryl methyl sites for hydroxylation is 2. The van der Waals surface area contributed by atoms with Gasteiger partial charge in [-0.25, -0.2) is 0 Å². The zero-order valence-corrected chi connectivity index (χ0v) is 16.9. The van der Waals surface area contributed by atoms with Crippen molar-refractivity contribution >= 4 is 5.91 Å². The largest absolute Gasteiger partial charge is 0.371 e. The number of nitrogens with one attached hydrogen (secondary N) is 1. The summed E-state index contributed by atoms with van der Waals surface area (Å²) in [4.78, 5) is 13.1. The number of carbonyl (C=O) groups excluding carboxylic acids is 1. The van der Waals surface area contributed by atoms with E-state index in [0.29, 0.717) is 23.6 Å². The maximum atomic E-state index is 13.1. The highest BCUT2D eigenvalue weighted by Crippen LogP contribution is 2.30. The third kappa shape index (κ3) is 4.25. The monoisotopic (exact) mass is 390 g/mol. The smallest absolute Gasteiger partial charge is 0.257 e. The highest BCUT2D eigenvalue weighted by molar-refractivity contribution is 6.01. The first-order valence-electron chi connectivity index (χ1n) is 10.1. The van der Waals surface area contributed by atoms with Crippen LogP contribution in [0.5, 0.6) is 0 Å². The molecule has 1 N–H and O–H groups in total. The van der Waals surface area contributed by atoms with Crippen molar-refractivity contribution in [1.82, 2.24) is 10.5 Å². The molecule has 5 heteroatoms. The first-order valence-corrected chi connectivity index (χ1v) is 10.1. The molecule has 2 atom stereocenters. The van der Waals surface area contributed by atoms with Gasteiger partial charge >= 0.3 is 0 Å². The Labute approximate surface area is 171 Å². The minimum Gasteiger partial charge on any atom is -0.371 e. The lowest BCUT2D eigenvalue weighted by Gasteiger charge is -2.21. The fourth-order valence-electron chi connectivity index (χ4n) is 3.96. The molecule has 0 spiro atoms. The van der Waals surface area contributed by atoms with Gasteiger partial charge in [0.05, 0.1) is 24.4 Å². The maximum absolute atomic E-state index is 13.1. The predicted octanol–water partition coefficient (Wildman–Crippen LogP) is 4.83. The molecule has 1 saturated carbocycles. The van der Waals surface area contributed by atoms with Crippen LogP contribution in [0.2, 0.25) is 0 Å². The van der Waals surface area contributed by atoms with Gasteiger partial charge < -0.3 is 14.6 Å². The summed E-state index contributed by atoms with van der Waals surface area (Å²) >= 11 is 0. The second-order valence-electron chi connectivity index (χ2n) is 7.63. The molecule has 4 rings (SSSR count). The zero-order chi connectivity index (χ0) is 20.2. The van der Waals surface area contributed by atoms with E-state index in [-0.39, 0.29) is 18.1 Å². The van der Waals surface area contributed by atoms with E-state index in [0.717, 1.165) is 36.0 Å². The number of hydrogen-bond acceptors (Lipinski definition) is 4. The van der Waals surface area contributed by atoms with Crippen LogP contribution >= 0.6 is 0 Å². The first-order chi connectivity index (χ1) is 14.1. The van der Waals surface area contributed by atoms with Crippen molar-refractivity contribution in [3.05, 3.63) is 77.0 Å². The van der Waals surface area contributed by atoms with Crippen molar-refractivity contribution in [2.24, 2.45) is 0 Å². The summed E-state index contributed by atoms with van der Waals surface area (Å²) in [5.74, 6) is 0.375. The Bertz CT molecular complexity index is 981. The van der Waals surface area contributed by atoms with Gasteiger partial charge in [0.2, 0.25) is 0 Å². The van der Waals surface area contributed by atoms with Gasteiger partial charge in [0.1, 0.15) is 5.56 Å². The number of benzene rings is 2. The van der Waals surface area contributed by atoms with Gasteiger partial charge in [-0.3, -0.25) is 4.79 Å². The molecule has 3 aromatic rings. The summed E-state index contributed by atoms with van der Waals surface area (Å²) < 4.78 is 11.7. The second kappa shape index (κ2) is 8.62. The molecule has 1 aliphatic carbocycles. The molecule has 0 saturated heterocycles. The Hall–Kier alpha value is -2.92. The number of hydrogen-bond donors (Lipinski definition) is 1. The minimum atomic E-state index is -0.151. The van der Waals surface area contributed by atoms with Crippen molar-refractivity contribution in [2.45, 2.75) is 51.9 Å². The van der Waals surface area contributed by atoms with Gasteiger partial charge in [-0.05, 0) is 44.2 Å². The molecular formula is C24H26N2O3. The number of carbonyl (C=O) groups is 1. The molecule has 0 aliphatic heterocycles. The van der Waals surface area contributed by atoms with Gasteiger partial charge in [0.15, 0.2) is 5.76 Å². The number of rotatable bonds is 6. The lowest BCUT2D eigenvalue weighted by molar-refractivity contribution is 0.0272. The molecule has 1 aromatic heterocycles. The standard InChI is InChI=1S/C24H26N2O3/c1-16-9-6-7-12-19(16)23-22(17(2)26-29-23)24(27)25-20-13-8-14-21(20)28-15-18-10-4-3-5-11-18/h3-7,9-12,20-21H,8,13-15H2,1-2H3,(H,25,27)/t20-,21-/m0/s1. The van der Waals surface area contributed by atoms with E-state index in [2.05, 4.69) is 22.6 Å². The summed E-state index contributed by atoms with van der Waals surface area (Å²) in [7, 11) is 0. The summed E-state index contributed by atoms with van der Waals surface area (Å²) in [6.45, 7) is 4.36. The van der Waals surface area contributed by atoms with Gasteiger partial charge in [-0.2, -0.15) is 0 Å². The lowest BCUT2D eigenvalue weighted by atomic mass is 10.0. The molecule has 1 aliphatic rings. The molecule has 1 heterocycles. The lowest BCUT2D eigenvalue weighted by Crippen LogP contribution is -2.41. The van der Waals surface area contributed by atoms with E-state index in [4.69, 9.17) is 9.26 Å². The fourth-order valence-corrected chi connectivity index (χ4v) is 3.96. The molecule has 1 amide bonds. The zero-order valence-electron chi connectivity index (χ0n) is 16.9. The molecule has 150 valence electrons. The van der Waals surface area contributed by atoms with Crippen molar-refractivity contribution < 1.29 is 14.1 Å². The molecular weight excluding hydrogens is 364 g/mol. The quantitative estimate of drug-likeness (QED) is 0.655. The van der Waals surface area contributed by atoms with Crippen LogP contribution in [0, 0.1) is 13.8 Å². The third-order valence-corrected chi connectivity index (χ3v) is 5.56. The highest BCUT2D eigenvalue weighted by Gasteiger charge is 2.32. The number of amides is 1. The Morgan fingerprint density at radius 1 is 1.10 bits per heavy atom. The first kappa shape index (κ1) is 19.4. The number of ether oxygens (including phenoxy) is 1. The van der Waals surface area contributed by atoms with E-state index >= 15 is 0 Å². The molecule has 0 radical (unpaired) electrons. The van der Waals surface area contributed by atoms with Crippen LogP contribution < -0.4 is 5.32 Å². The van der Waals surface area contributed by atoms with Crippen molar-refractivity contribution in [2.75, 3.05) is 0 Å². The molecule has 0 bridgehead atoms. The number of aromatic nitrogens is 1. The molecule has 1 fully saturated rings. The number of nitrogens with zero attached hydrogens (tertiary/aromatic N) is 1. The summed E-state index contributed by atoms with van der Waals surface area (Å²) in [5.41, 5.74) is 4.18. The van der Waals surface area contributed by atoms with Crippen molar-refractivity contribution in [1.29, 1.82) is 0 Å². The Balaban J connectivity index is 1.48. The summed E-state index contributed by atoms with van der Waals surface area (Å²) in [6, 6.07) is 18.0. The van der Waals surface area contributed by atoms with E-state index < -0.39 is 0 Å². The van der Waals surface area contributed by atoms with Crippen LogP contribution in [0.25, 0.3) is 11.3 Å². The Morgan fingerprint density at radius 2 is 1.86 bits per heavy atom. The maximum Gasteiger partial charge on any atom is 0.257 e. The van der Waals surface area contributed by atoms with Crippen LogP contribution in [-0.2, 0) is 11.3 Å². The topological polar surface area (TPSA) is 64.4 Å². The Kier molecular flexibility index (Phi) is 5.76. The van der Waals surface area contributed by atoms with Gasteiger partial charge in [0, 0.05) is 5.56 Å². The third-order valence-electron chi connectivity index (χ3n) is 5.56. The van der Waals surface area contributed by atoms with Gasteiger partial charge in [-0.1, -0.05) is 59.8 Å². The van der Waals surface area contributed by atoms with Crippen LogP contribution in [0.15, 0.2) is 59.1 Å². The van der Waals surface area contributed by atoms with Gasteiger partial charge in [-0.15, -0.1) is 0 Å². The van der Waals surface area contributed by atoms with E-state index in [9.17, 15) is 4.79 Å². The van der Waals surface area contributed by atoms with Crippen LogP contribution in [0.3, 0.4) is 0 Å². The minimum absolute atomic E-state index is 0.00904. The average Bonchev–Trinajstić information content (AvgIpc) is 3.33.